The van der Waals surface area contributed by atoms with Gasteiger partial charge in [-0.1, -0.05) is 30.1 Å². The average molecular weight is 348 g/mol. The normalized spacial score (nSPS) is 17.3. The van der Waals surface area contributed by atoms with E-state index in [2.05, 4.69) is 10.5 Å². The zero-order valence-corrected chi connectivity index (χ0v) is 14.0. The van der Waals surface area contributed by atoms with Gasteiger partial charge in [0.1, 0.15) is 6.04 Å². The molecule has 1 aliphatic heterocycles. The fourth-order valence-electron chi connectivity index (χ4n) is 2.81. The summed E-state index contributed by atoms with van der Waals surface area (Å²) in [6.07, 6.45) is 2.53. The van der Waals surface area contributed by atoms with Gasteiger partial charge in [-0.05, 0) is 37.1 Å². The topological polar surface area (TPSA) is 75.4 Å². The highest BCUT2D eigenvalue weighted by molar-refractivity contribution is 6.30. The minimum atomic E-state index is -0.571. The molecule has 1 N–H and O–H groups in total. The Morgan fingerprint density at radius 2 is 2.17 bits per heavy atom. The molecule has 2 amide bonds. The summed E-state index contributed by atoms with van der Waals surface area (Å²) in [5.74, 6) is -0.0597. The zero-order chi connectivity index (χ0) is 17.1. The highest BCUT2D eigenvalue weighted by atomic mass is 35.5. The van der Waals surface area contributed by atoms with Gasteiger partial charge in [0.2, 0.25) is 17.7 Å². The third-order valence-corrected chi connectivity index (χ3v) is 4.18. The molecule has 6 nitrogen and oxygen atoms in total. The number of carbonyl (C=O) groups excluding carboxylic acids is 2. The lowest BCUT2D eigenvalue weighted by molar-refractivity contribution is -0.120. The first-order valence-electron chi connectivity index (χ1n) is 7.92. The molecule has 1 aliphatic rings. The summed E-state index contributed by atoms with van der Waals surface area (Å²) in [5.41, 5.74) is 1.45. The summed E-state index contributed by atoms with van der Waals surface area (Å²) in [5, 5.41) is 7.19. The quantitative estimate of drug-likeness (QED) is 0.899. The molecule has 1 saturated heterocycles. The minimum absolute atomic E-state index is 0.0817. The summed E-state index contributed by atoms with van der Waals surface area (Å²) in [6, 6.07) is 8.01. The number of nitrogens with zero attached hydrogens (tertiary/aromatic N) is 2. The number of hydrogen-bond acceptors (Lipinski definition) is 4. The van der Waals surface area contributed by atoms with E-state index in [0.717, 1.165) is 18.5 Å². The molecule has 126 valence electrons. The van der Waals surface area contributed by atoms with E-state index in [4.69, 9.17) is 16.1 Å². The van der Waals surface area contributed by atoms with E-state index in [-0.39, 0.29) is 11.8 Å². The lowest BCUT2D eigenvalue weighted by Crippen LogP contribution is -2.41. The van der Waals surface area contributed by atoms with E-state index in [0.29, 0.717) is 29.4 Å². The molecule has 3 rings (SSSR count). The van der Waals surface area contributed by atoms with Crippen molar-refractivity contribution in [2.75, 3.05) is 10.2 Å². The number of halogens is 1. The molecule has 0 saturated carbocycles. The van der Waals surface area contributed by atoms with E-state index in [1.807, 2.05) is 6.92 Å². The van der Waals surface area contributed by atoms with E-state index in [1.54, 1.807) is 30.3 Å². The molecular formula is C17H18ClN3O3. The van der Waals surface area contributed by atoms with E-state index in [1.165, 1.54) is 4.90 Å². The molecule has 0 aliphatic carbocycles. The number of benzene rings is 1. The van der Waals surface area contributed by atoms with E-state index >= 15 is 0 Å². The van der Waals surface area contributed by atoms with Crippen LogP contribution in [-0.2, 0) is 16.0 Å². The Kier molecular flexibility index (Phi) is 4.85. The Labute approximate surface area is 144 Å². The third kappa shape index (κ3) is 3.43. The Morgan fingerprint density at radius 3 is 2.88 bits per heavy atom. The van der Waals surface area contributed by atoms with E-state index < -0.39 is 6.04 Å². The van der Waals surface area contributed by atoms with Crippen LogP contribution >= 0.6 is 11.6 Å². The van der Waals surface area contributed by atoms with Gasteiger partial charge < -0.3 is 4.52 Å². The van der Waals surface area contributed by atoms with Gasteiger partial charge in [0.25, 0.3) is 0 Å². The van der Waals surface area contributed by atoms with Crippen LogP contribution in [0.4, 0.5) is 11.6 Å². The van der Waals surface area contributed by atoms with Crippen molar-refractivity contribution in [3.63, 3.8) is 0 Å². The molecule has 2 heterocycles. The van der Waals surface area contributed by atoms with Gasteiger partial charge in [0.05, 0.1) is 5.69 Å². The smallest absolute Gasteiger partial charge is 0.249 e. The maximum Gasteiger partial charge on any atom is 0.249 e. The number of aryl methyl sites for hydroxylation is 1. The van der Waals surface area contributed by atoms with Crippen LogP contribution in [0.15, 0.2) is 34.9 Å². The summed E-state index contributed by atoms with van der Waals surface area (Å²) in [6.45, 7) is 2.04. The van der Waals surface area contributed by atoms with Gasteiger partial charge in [0, 0.05) is 23.2 Å². The summed E-state index contributed by atoms with van der Waals surface area (Å²) < 4.78 is 5.13. The molecule has 1 aromatic heterocycles. The fraction of sp³-hybridized carbons (Fsp3) is 0.353. The first-order chi connectivity index (χ1) is 11.6. The summed E-state index contributed by atoms with van der Waals surface area (Å²) in [4.78, 5) is 26.3. The standard InChI is InChI=1S/C17H18ClN3O3/c1-2-3-12-10-15(24-20-12)19-17(23)14-8-9-16(22)21(14)13-6-4-11(18)5-7-13/h4-7,10,14H,2-3,8-9H2,1H3,(H,19,23)/t14-/m0/s1. The largest absolute Gasteiger partial charge is 0.338 e. The summed E-state index contributed by atoms with van der Waals surface area (Å²) >= 11 is 5.89. The Hall–Kier alpha value is -2.34. The first-order valence-corrected chi connectivity index (χ1v) is 8.30. The number of anilines is 2. The maximum absolute atomic E-state index is 12.6. The van der Waals surface area contributed by atoms with Crippen LogP contribution in [0.5, 0.6) is 0 Å². The van der Waals surface area contributed by atoms with E-state index in [9.17, 15) is 9.59 Å². The molecular weight excluding hydrogens is 330 g/mol. The minimum Gasteiger partial charge on any atom is -0.338 e. The Bertz CT molecular complexity index is 742. The molecule has 1 aromatic carbocycles. The van der Waals surface area contributed by atoms with Crippen molar-refractivity contribution in [1.29, 1.82) is 0 Å². The molecule has 24 heavy (non-hydrogen) atoms. The maximum atomic E-state index is 12.6. The lowest BCUT2D eigenvalue weighted by Gasteiger charge is -2.23. The zero-order valence-electron chi connectivity index (χ0n) is 13.3. The number of hydrogen-bond donors (Lipinski definition) is 1. The van der Waals surface area contributed by atoms with Crippen molar-refractivity contribution < 1.29 is 14.1 Å². The van der Waals surface area contributed by atoms with Crippen LogP contribution in [-0.4, -0.2) is 23.0 Å². The number of aromatic nitrogens is 1. The molecule has 0 bridgehead atoms. The number of carbonyl (C=O) groups is 2. The summed E-state index contributed by atoms with van der Waals surface area (Å²) in [7, 11) is 0. The van der Waals surface area contributed by atoms with Gasteiger partial charge in [-0.3, -0.25) is 19.8 Å². The average Bonchev–Trinajstić information content (AvgIpc) is 3.15. The Balaban J connectivity index is 1.74. The molecule has 2 aromatic rings. The van der Waals surface area contributed by atoms with Crippen LogP contribution in [0.1, 0.15) is 31.9 Å². The van der Waals surface area contributed by atoms with Gasteiger partial charge in [-0.25, -0.2) is 0 Å². The van der Waals surface area contributed by atoms with Gasteiger partial charge in [-0.2, -0.15) is 0 Å². The van der Waals surface area contributed by atoms with Crippen molar-refractivity contribution >= 4 is 35.0 Å². The van der Waals surface area contributed by atoms with Gasteiger partial charge >= 0.3 is 0 Å². The molecule has 7 heteroatoms. The predicted molar refractivity (Wildman–Crippen MR) is 91.1 cm³/mol. The van der Waals surface area contributed by atoms with Crippen molar-refractivity contribution in [2.45, 2.75) is 38.6 Å². The second-order valence-corrected chi connectivity index (χ2v) is 6.15. The number of amides is 2. The van der Waals surface area contributed by atoms with Gasteiger partial charge in [-0.15, -0.1) is 0 Å². The second kappa shape index (κ2) is 7.05. The van der Waals surface area contributed by atoms with Crippen LogP contribution in [0, 0.1) is 0 Å². The van der Waals surface area contributed by atoms with Crippen LogP contribution in [0.25, 0.3) is 0 Å². The highest BCUT2D eigenvalue weighted by Gasteiger charge is 2.37. The molecule has 0 unspecified atom stereocenters. The predicted octanol–water partition coefficient (Wildman–Crippen LogP) is 3.41. The van der Waals surface area contributed by atoms with Crippen LogP contribution < -0.4 is 10.2 Å². The van der Waals surface area contributed by atoms with Crippen molar-refractivity contribution in [1.82, 2.24) is 5.16 Å². The number of nitrogens with one attached hydrogen (secondary N) is 1. The van der Waals surface area contributed by atoms with Crippen LogP contribution in [0.2, 0.25) is 5.02 Å². The lowest BCUT2D eigenvalue weighted by atomic mass is 10.2. The molecule has 0 spiro atoms. The third-order valence-electron chi connectivity index (χ3n) is 3.93. The molecule has 1 fully saturated rings. The molecule has 1 atom stereocenters. The monoisotopic (exact) mass is 347 g/mol. The van der Waals surface area contributed by atoms with Crippen molar-refractivity contribution in [3.05, 3.63) is 41.0 Å². The van der Waals surface area contributed by atoms with Crippen molar-refractivity contribution in [2.24, 2.45) is 0 Å². The van der Waals surface area contributed by atoms with Gasteiger partial charge in [0.15, 0.2) is 0 Å². The van der Waals surface area contributed by atoms with Crippen LogP contribution in [0.3, 0.4) is 0 Å². The highest BCUT2D eigenvalue weighted by Crippen LogP contribution is 2.28. The second-order valence-electron chi connectivity index (χ2n) is 5.72. The number of rotatable bonds is 5. The fourth-order valence-corrected chi connectivity index (χ4v) is 2.93. The SMILES string of the molecule is CCCc1cc(NC(=O)[C@@H]2CCC(=O)N2c2ccc(Cl)cc2)on1. The van der Waals surface area contributed by atoms with Crippen molar-refractivity contribution in [3.8, 4) is 0 Å². The molecule has 0 radical (unpaired) electrons. The first kappa shape index (κ1) is 16.5. The Morgan fingerprint density at radius 1 is 1.42 bits per heavy atom.